The average Bonchev–Trinajstić information content (AvgIpc) is 3.04. The smallest absolute Gasteiger partial charge is 0.328 e. The lowest BCUT2D eigenvalue weighted by atomic mass is 10.1. The fourth-order valence-electron chi connectivity index (χ4n) is 2.25. The first-order valence-corrected chi connectivity index (χ1v) is 8.70. The number of carbonyl (C=O) groups excluding carboxylic acids is 1. The molecule has 1 aromatic heterocycles. The molecule has 1 aliphatic heterocycles. The van der Waals surface area contributed by atoms with E-state index in [9.17, 15) is 24.5 Å². The SMILES string of the molecule is CCOP(=O)(O)CC[C@H]1O[C@@H](n2cnc(C(N)=O)n2)[C@H](O)[C@@H]1O. The first-order valence-electron chi connectivity index (χ1n) is 6.94. The number of aromatic nitrogens is 3. The highest BCUT2D eigenvalue weighted by Crippen LogP contribution is 2.44. The molecule has 1 aliphatic rings. The lowest BCUT2D eigenvalue weighted by Gasteiger charge is -2.16. The highest BCUT2D eigenvalue weighted by Gasteiger charge is 2.44. The zero-order chi connectivity index (χ0) is 17.2. The van der Waals surface area contributed by atoms with Gasteiger partial charge in [0, 0.05) is 0 Å². The minimum Gasteiger partial charge on any atom is -0.388 e. The summed E-state index contributed by atoms with van der Waals surface area (Å²) in [6, 6.07) is 0. The van der Waals surface area contributed by atoms with Crippen molar-refractivity contribution in [2.24, 2.45) is 5.73 Å². The van der Waals surface area contributed by atoms with E-state index in [-0.39, 0.29) is 25.0 Å². The summed E-state index contributed by atoms with van der Waals surface area (Å²) in [5, 5.41) is 23.8. The Kier molecular flexibility index (Phi) is 5.50. The summed E-state index contributed by atoms with van der Waals surface area (Å²) in [6.45, 7) is 1.67. The molecule has 0 aliphatic carbocycles. The number of hydrogen-bond donors (Lipinski definition) is 4. The van der Waals surface area contributed by atoms with Crippen LogP contribution in [0.4, 0.5) is 0 Å². The summed E-state index contributed by atoms with van der Waals surface area (Å²) < 4.78 is 22.9. The maximum Gasteiger partial charge on any atom is 0.328 e. The number of amides is 1. The first kappa shape index (κ1) is 18.0. The molecule has 0 bridgehead atoms. The molecule has 2 heterocycles. The van der Waals surface area contributed by atoms with E-state index in [0.29, 0.717) is 0 Å². The fraction of sp³-hybridized carbons (Fsp3) is 0.727. The van der Waals surface area contributed by atoms with Gasteiger partial charge < -0.3 is 30.1 Å². The molecule has 1 aromatic rings. The van der Waals surface area contributed by atoms with Crippen LogP contribution in [0.25, 0.3) is 0 Å². The molecule has 0 radical (unpaired) electrons. The minimum absolute atomic E-state index is 0.000121. The first-order chi connectivity index (χ1) is 10.7. The van der Waals surface area contributed by atoms with Crippen LogP contribution in [-0.2, 0) is 13.8 Å². The normalized spacial score (nSPS) is 30.3. The number of aliphatic hydroxyl groups excluding tert-OH is 2. The van der Waals surface area contributed by atoms with E-state index < -0.39 is 38.0 Å². The lowest BCUT2D eigenvalue weighted by Crippen LogP contribution is -2.32. The molecule has 23 heavy (non-hydrogen) atoms. The number of nitrogens with zero attached hydrogens (tertiary/aromatic N) is 3. The Labute approximate surface area is 131 Å². The van der Waals surface area contributed by atoms with Crippen molar-refractivity contribution in [2.75, 3.05) is 12.8 Å². The van der Waals surface area contributed by atoms with Crippen LogP contribution in [-0.4, -0.2) is 66.9 Å². The molecule has 2 rings (SSSR count). The van der Waals surface area contributed by atoms with Crippen LogP contribution in [0.1, 0.15) is 30.2 Å². The fourth-order valence-corrected chi connectivity index (χ4v) is 3.37. The van der Waals surface area contributed by atoms with Crippen LogP contribution >= 0.6 is 7.60 Å². The van der Waals surface area contributed by atoms with E-state index in [0.717, 1.165) is 11.0 Å². The van der Waals surface area contributed by atoms with Crippen molar-refractivity contribution in [3.63, 3.8) is 0 Å². The molecule has 12 heteroatoms. The highest BCUT2D eigenvalue weighted by molar-refractivity contribution is 7.52. The van der Waals surface area contributed by atoms with Crippen LogP contribution in [0, 0.1) is 0 Å². The Morgan fingerprint density at radius 3 is 2.78 bits per heavy atom. The Hall–Kier alpha value is -1.36. The number of rotatable bonds is 7. The molecule has 0 aromatic carbocycles. The summed E-state index contributed by atoms with van der Waals surface area (Å²) in [5.74, 6) is -1.10. The van der Waals surface area contributed by atoms with Crippen molar-refractivity contribution in [3.8, 4) is 0 Å². The summed E-state index contributed by atoms with van der Waals surface area (Å²) in [4.78, 5) is 24.2. The van der Waals surface area contributed by atoms with Crippen LogP contribution < -0.4 is 5.73 Å². The molecule has 1 saturated heterocycles. The Bertz CT molecular complexity index is 609. The largest absolute Gasteiger partial charge is 0.388 e. The van der Waals surface area contributed by atoms with E-state index in [2.05, 4.69) is 10.1 Å². The van der Waals surface area contributed by atoms with E-state index in [1.807, 2.05) is 0 Å². The van der Waals surface area contributed by atoms with Crippen LogP contribution in [0.5, 0.6) is 0 Å². The highest BCUT2D eigenvalue weighted by atomic mass is 31.2. The van der Waals surface area contributed by atoms with Gasteiger partial charge in [-0.25, -0.2) is 9.67 Å². The Morgan fingerprint density at radius 2 is 2.22 bits per heavy atom. The quantitative estimate of drug-likeness (QED) is 0.432. The topological polar surface area (TPSA) is 170 Å². The maximum atomic E-state index is 11.6. The third kappa shape index (κ3) is 4.14. The standard InChI is InChI=1S/C11H19N4O7P/c1-2-21-23(19,20)4-3-6-7(16)8(17)11(22-6)15-5-13-10(14-15)9(12)18/h5-8,11,16-17H,2-4H2,1H3,(H2,12,18)(H,19,20)/t6-,7-,8-,11-/m1/s1. The minimum atomic E-state index is -3.76. The van der Waals surface area contributed by atoms with Crippen LogP contribution in [0.15, 0.2) is 6.33 Å². The molecule has 0 spiro atoms. The summed E-state index contributed by atoms with van der Waals surface area (Å²) in [6.07, 6.45) is -3.69. The number of aliphatic hydroxyl groups is 2. The summed E-state index contributed by atoms with van der Waals surface area (Å²) in [7, 11) is -3.76. The molecule has 1 amide bonds. The Balaban J connectivity index is 2.03. The van der Waals surface area contributed by atoms with Gasteiger partial charge in [0.1, 0.15) is 18.5 Å². The van der Waals surface area contributed by atoms with Gasteiger partial charge in [-0.1, -0.05) is 0 Å². The predicted molar refractivity (Wildman–Crippen MR) is 75.4 cm³/mol. The Morgan fingerprint density at radius 1 is 1.52 bits per heavy atom. The second-order valence-electron chi connectivity index (χ2n) is 5.03. The molecule has 130 valence electrons. The van der Waals surface area contributed by atoms with E-state index in [1.165, 1.54) is 0 Å². The third-order valence-electron chi connectivity index (χ3n) is 3.35. The summed E-state index contributed by atoms with van der Waals surface area (Å²) >= 11 is 0. The molecule has 5 N–H and O–H groups in total. The number of primary amides is 1. The van der Waals surface area contributed by atoms with Gasteiger partial charge in [-0.05, 0) is 13.3 Å². The monoisotopic (exact) mass is 350 g/mol. The van der Waals surface area contributed by atoms with Crippen molar-refractivity contribution in [1.82, 2.24) is 14.8 Å². The zero-order valence-corrected chi connectivity index (χ0v) is 13.2. The summed E-state index contributed by atoms with van der Waals surface area (Å²) in [5.41, 5.74) is 5.04. The van der Waals surface area contributed by atoms with Crippen molar-refractivity contribution in [2.45, 2.75) is 37.9 Å². The zero-order valence-electron chi connectivity index (χ0n) is 12.3. The molecule has 11 nitrogen and oxygen atoms in total. The molecule has 1 fully saturated rings. The third-order valence-corrected chi connectivity index (χ3v) is 4.84. The molecular formula is C11H19N4O7P. The van der Waals surface area contributed by atoms with Gasteiger partial charge in [0.2, 0.25) is 5.82 Å². The number of ether oxygens (including phenoxy) is 1. The van der Waals surface area contributed by atoms with Crippen molar-refractivity contribution < 1.29 is 33.7 Å². The van der Waals surface area contributed by atoms with Crippen molar-refractivity contribution >= 4 is 13.5 Å². The van der Waals surface area contributed by atoms with Crippen LogP contribution in [0.3, 0.4) is 0 Å². The van der Waals surface area contributed by atoms with Gasteiger partial charge in [0.15, 0.2) is 6.23 Å². The van der Waals surface area contributed by atoms with Gasteiger partial charge in [-0.2, -0.15) is 0 Å². The van der Waals surface area contributed by atoms with Gasteiger partial charge in [-0.15, -0.1) is 5.10 Å². The van der Waals surface area contributed by atoms with Gasteiger partial charge in [0.05, 0.1) is 18.9 Å². The average molecular weight is 350 g/mol. The van der Waals surface area contributed by atoms with Crippen LogP contribution in [0.2, 0.25) is 0 Å². The lowest BCUT2D eigenvalue weighted by molar-refractivity contribution is -0.0452. The van der Waals surface area contributed by atoms with E-state index >= 15 is 0 Å². The predicted octanol–water partition coefficient (Wildman–Crippen LogP) is -1.39. The number of carbonyl (C=O) groups is 1. The van der Waals surface area contributed by atoms with Crippen molar-refractivity contribution in [1.29, 1.82) is 0 Å². The second kappa shape index (κ2) is 7.04. The maximum absolute atomic E-state index is 11.6. The van der Waals surface area contributed by atoms with Gasteiger partial charge >= 0.3 is 7.60 Å². The van der Waals surface area contributed by atoms with Gasteiger partial charge in [-0.3, -0.25) is 9.36 Å². The number of nitrogens with two attached hydrogens (primary N) is 1. The van der Waals surface area contributed by atoms with E-state index in [4.69, 9.17) is 15.0 Å². The molecule has 1 unspecified atom stereocenters. The second-order valence-corrected chi connectivity index (χ2v) is 7.01. The molecular weight excluding hydrogens is 331 g/mol. The van der Waals surface area contributed by atoms with E-state index in [1.54, 1.807) is 6.92 Å². The van der Waals surface area contributed by atoms with Crippen molar-refractivity contribution in [3.05, 3.63) is 12.2 Å². The molecule has 5 atom stereocenters. The number of hydrogen-bond acceptors (Lipinski definition) is 8. The van der Waals surface area contributed by atoms with Gasteiger partial charge in [0.25, 0.3) is 5.91 Å². The molecule has 0 saturated carbocycles.